The molecule has 0 atom stereocenters. The van der Waals surface area contributed by atoms with E-state index in [9.17, 15) is 4.79 Å². The first-order valence-electron chi connectivity index (χ1n) is 9.14. The van der Waals surface area contributed by atoms with Gasteiger partial charge in [-0.05, 0) is 60.6 Å². The van der Waals surface area contributed by atoms with Crippen LogP contribution in [0.4, 0.5) is 4.79 Å². The lowest BCUT2D eigenvalue weighted by atomic mass is 10.1. The molecule has 0 radical (unpaired) electrons. The maximum Gasteiger partial charge on any atom is 0.314 e. The Bertz CT molecular complexity index is 746. The number of ether oxygens (including phenoxy) is 2. The van der Waals surface area contributed by atoms with Crippen molar-refractivity contribution in [1.29, 1.82) is 0 Å². The molecule has 0 aliphatic heterocycles. The van der Waals surface area contributed by atoms with Gasteiger partial charge in [0.25, 0.3) is 0 Å². The number of aryl methyl sites for hydroxylation is 2. The van der Waals surface area contributed by atoms with Gasteiger partial charge in [0.05, 0.1) is 13.7 Å². The summed E-state index contributed by atoms with van der Waals surface area (Å²) in [6, 6.07) is 13.9. The van der Waals surface area contributed by atoms with E-state index in [0.29, 0.717) is 19.7 Å². The molecule has 2 aromatic rings. The molecule has 0 heterocycles. The van der Waals surface area contributed by atoms with Crippen LogP contribution in [0, 0.1) is 0 Å². The molecular formula is C21H26N2O3. The number of fused-ring (bicyclic) bond motifs is 1. The number of urea groups is 1. The quantitative estimate of drug-likeness (QED) is 0.716. The van der Waals surface area contributed by atoms with E-state index in [0.717, 1.165) is 29.9 Å². The largest absolute Gasteiger partial charge is 0.496 e. The fourth-order valence-corrected chi connectivity index (χ4v) is 3.25. The van der Waals surface area contributed by atoms with Gasteiger partial charge < -0.3 is 20.1 Å². The van der Waals surface area contributed by atoms with Gasteiger partial charge in [-0.25, -0.2) is 4.79 Å². The highest BCUT2D eigenvalue weighted by atomic mass is 16.5. The van der Waals surface area contributed by atoms with E-state index in [1.54, 1.807) is 7.11 Å². The Kier molecular flexibility index (Phi) is 6.36. The summed E-state index contributed by atoms with van der Waals surface area (Å²) in [4.78, 5) is 11.8. The van der Waals surface area contributed by atoms with Crippen molar-refractivity contribution in [3.63, 3.8) is 0 Å². The molecule has 0 unspecified atom stereocenters. The van der Waals surface area contributed by atoms with E-state index in [2.05, 4.69) is 22.8 Å². The zero-order valence-electron chi connectivity index (χ0n) is 15.2. The molecule has 5 nitrogen and oxygen atoms in total. The van der Waals surface area contributed by atoms with Crippen molar-refractivity contribution in [3.8, 4) is 11.5 Å². The fraction of sp³-hybridized carbons (Fsp3) is 0.381. The summed E-state index contributed by atoms with van der Waals surface area (Å²) in [7, 11) is 1.65. The second-order valence-corrected chi connectivity index (χ2v) is 6.38. The Morgan fingerprint density at radius 2 is 1.85 bits per heavy atom. The zero-order chi connectivity index (χ0) is 18.2. The van der Waals surface area contributed by atoms with Crippen LogP contribution < -0.4 is 20.1 Å². The van der Waals surface area contributed by atoms with Crippen molar-refractivity contribution >= 4 is 6.03 Å². The summed E-state index contributed by atoms with van der Waals surface area (Å²) >= 11 is 0. The minimum absolute atomic E-state index is 0.183. The Hall–Kier alpha value is -2.69. The molecule has 1 aliphatic carbocycles. The number of benzene rings is 2. The van der Waals surface area contributed by atoms with E-state index >= 15 is 0 Å². The van der Waals surface area contributed by atoms with Gasteiger partial charge in [0.15, 0.2) is 0 Å². The Labute approximate surface area is 154 Å². The van der Waals surface area contributed by atoms with E-state index in [-0.39, 0.29) is 6.03 Å². The number of hydrogen-bond acceptors (Lipinski definition) is 3. The fourth-order valence-electron chi connectivity index (χ4n) is 3.25. The van der Waals surface area contributed by atoms with Crippen molar-refractivity contribution in [2.24, 2.45) is 0 Å². The lowest BCUT2D eigenvalue weighted by Crippen LogP contribution is -2.38. The topological polar surface area (TPSA) is 59.6 Å². The van der Waals surface area contributed by atoms with Crippen molar-refractivity contribution in [1.82, 2.24) is 10.6 Å². The first-order valence-corrected chi connectivity index (χ1v) is 9.14. The third kappa shape index (κ3) is 4.91. The van der Waals surface area contributed by atoms with Gasteiger partial charge >= 0.3 is 6.03 Å². The van der Waals surface area contributed by atoms with Crippen LogP contribution in [0.5, 0.6) is 11.5 Å². The van der Waals surface area contributed by atoms with Crippen molar-refractivity contribution in [2.75, 3.05) is 26.8 Å². The highest BCUT2D eigenvalue weighted by Gasteiger charge is 2.11. The molecular weight excluding hydrogens is 328 g/mol. The van der Waals surface area contributed by atoms with E-state index in [4.69, 9.17) is 9.47 Å². The summed E-state index contributed by atoms with van der Waals surface area (Å²) in [6.07, 6.45) is 4.27. The smallest absolute Gasteiger partial charge is 0.314 e. The van der Waals surface area contributed by atoms with Gasteiger partial charge in [-0.3, -0.25) is 0 Å². The lowest BCUT2D eigenvalue weighted by Gasteiger charge is -2.11. The molecule has 2 aromatic carbocycles. The van der Waals surface area contributed by atoms with Crippen LogP contribution in [0.3, 0.4) is 0 Å². The van der Waals surface area contributed by atoms with Crippen molar-refractivity contribution in [3.05, 3.63) is 59.2 Å². The Morgan fingerprint density at radius 1 is 1.04 bits per heavy atom. The summed E-state index contributed by atoms with van der Waals surface area (Å²) in [6.45, 7) is 1.48. The molecule has 26 heavy (non-hydrogen) atoms. The molecule has 0 saturated heterocycles. The van der Waals surface area contributed by atoms with Crippen LogP contribution in [0.25, 0.3) is 0 Å². The summed E-state index contributed by atoms with van der Waals surface area (Å²) < 4.78 is 11.0. The highest BCUT2D eigenvalue weighted by Crippen LogP contribution is 2.25. The number of rotatable bonds is 8. The third-order valence-electron chi connectivity index (χ3n) is 4.60. The van der Waals surface area contributed by atoms with Crippen LogP contribution in [-0.2, 0) is 19.3 Å². The number of carbonyl (C=O) groups is 1. The van der Waals surface area contributed by atoms with Crippen LogP contribution in [0.1, 0.15) is 23.1 Å². The van der Waals surface area contributed by atoms with Gasteiger partial charge in [-0.1, -0.05) is 24.3 Å². The number of carbonyl (C=O) groups excluding carboxylic acids is 1. The monoisotopic (exact) mass is 354 g/mol. The molecule has 138 valence electrons. The normalized spacial score (nSPS) is 12.3. The van der Waals surface area contributed by atoms with Gasteiger partial charge in [0, 0.05) is 6.54 Å². The predicted octanol–water partition coefficient (Wildman–Crippen LogP) is 3.10. The Balaban J connectivity index is 1.32. The molecule has 2 amide bonds. The van der Waals surface area contributed by atoms with Crippen molar-refractivity contribution in [2.45, 2.75) is 25.7 Å². The van der Waals surface area contributed by atoms with Gasteiger partial charge in [0.2, 0.25) is 0 Å². The maximum atomic E-state index is 11.8. The molecule has 1 aliphatic rings. The average molecular weight is 354 g/mol. The number of nitrogens with one attached hydrogen (secondary N) is 2. The first kappa shape index (κ1) is 18.1. The minimum atomic E-state index is -0.183. The Morgan fingerprint density at radius 3 is 2.73 bits per heavy atom. The molecule has 0 spiro atoms. The maximum absolute atomic E-state index is 11.8. The van der Waals surface area contributed by atoms with Crippen molar-refractivity contribution < 1.29 is 14.3 Å². The average Bonchev–Trinajstić information content (AvgIpc) is 3.13. The first-order chi connectivity index (χ1) is 12.8. The third-order valence-corrected chi connectivity index (χ3v) is 4.60. The molecule has 2 N–H and O–H groups in total. The second kappa shape index (κ2) is 9.13. The lowest BCUT2D eigenvalue weighted by molar-refractivity contribution is 0.236. The SMILES string of the molecule is COc1ccccc1CCNC(=O)NCCOc1ccc2c(c1)CCC2. The van der Waals surface area contributed by atoms with Crippen LogP contribution in [0.15, 0.2) is 42.5 Å². The van der Waals surface area contributed by atoms with Crippen LogP contribution >= 0.6 is 0 Å². The van der Waals surface area contributed by atoms with Crippen LogP contribution in [-0.4, -0.2) is 32.8 Å². The van der Waals surface area contributed by atoms with E-state index in [1.165, 1.54) is 24.0 Å². The molecule has 5 heteroatoms. The predicted molar refractivity (Wildman–Crippen MR) is 102 cm³/mol. The minimum Gasteiger partial charge on any atom is -0.496 e. The molecule has 0 aromatic heterocycles. The number of para-hydroxylation sites is 1. The van der Waals surface area contributed by atoms with Gasteiger partial charge in [0.1, 0.15) is 18.1 Å². The molecule has 0 bridgehead atoms. The summed E-state index contributed by atoms with van der Waals surface area (Å²) in [5.74, 6) is 1.72. The number of amides is 2. The molecule has 3 rings (SSSR count). The second-order valence-electron chi connectivity index (χ2n) is 6.38. The zero-order valence-corrected chi connectivity index (χ0v) is 15.2. The van der Waals surface area contributed by atoms with Crippen LogP contribution in [0.2, 0.25) is 0 Å². The summed E-state index contributed by atoms with van der Waals surface area (Å²) in [5, 5.41) is 5.67. The standard InChI is InChI=1S/C21H26N2O3/c1-25-20-8-3-2-5-17(20)11-12-22-21(24)23-13-14-26-19-10-9-16-6-4-7-18(16)15-19/h2-3,5,8-10,15H,4,6-7,11-14H2,1H3,(H2,22,23,24). The van der Waals surface area contributed by atoms with E-state index in [1.807, 2.05) is 30.3 Å². The number of hydrogen-bond donors (Lipinski definition) is 2. The molecule has 0 saturated carbocycles. The summed E-state index contributed by atoms with van der Waals surface area (Å²) in [5.41, 5.74) is 3.91. The highest BCUT2D eigenvalue weighted by molar-refractivity contribution is 5.73. The van der Waals surface area contributed by atoms with E-state index < -0.39 is 0 Å². The number of methoxy groups -OCH3 is 1. The van der Waals surface area contributed by atoms with Gasteiger partial charge in [-0.15, -0.1) is 0 Å². The van der Waals surface area contributed by atoms with Gasteiger partial charge in [-0.2, -0.15) is 0 Å². The molecule has 0 fully saturated rings.